The molecule has 0 aliphatic rings. The van der Waals surface area contributed by atoms with E-state index in [9.17, 15) is 13.2 Å². The Labute approximate surface area is 110 Å². The van der Waals surface area contributed by atoms with E-state index in [-0.39, 0.29) is 5.75 Å². The lowest BCUT2D eigenvalue weighted by Crippen LogP contribution is -2.16. The summed E-state index contributed by atoms with van der Waals surface area (Å²) in [5, 5.41) is 7.46. The minimum absolute atomic E-state index is 0.277. The van der Waals surface area contributed by atoms with Crippen molar-refractivity contribution in [2.45, 2.75) is 6.36 Å². The van der Waals surface area contributed by atoms with E-state index in [0.717, 1.165) is 0 Å². The first kappa shape index (κ1) is 12.4. The van der Waals surface area contributed by atoms with Crippen LogP contribution < -0.4 is 4.74 Å². The number of hydrogen-bond donors (Lipinski definition) is 1. The minimum atomic E-state index is -4.70. The van der Waals surface area contributed by atoms with Crippen molar-refractivity contribution in [3.63, 3.8) is 0 Å². The van der Waals surface area contributed by atoms with Gasteiger partial charge in [0, 0.05) is 11.8 Å². The van der Waals surface area contributed by atoms with Crippen LogP contribution in [-0.2, 0) is 0 Å². The molecule has 20 heavy (non-hydrogen) atoms. The summed E-state index contributed by atoms with van der Waals surface area (Å²) in [5.74, 6) is -0.277. The monoisotopic (exact) mass is 280 g/mol. The van der Waals surface area contributed by atoms with E-state index in [0.29, 0.717) is 22.3 Å². The highest BCUT2D eigenvalue weighted by Crippen LogP contribution is 2.28. The molecule has 3 rings (SSSR count). The number of fused-ring (bicyclic) bond motifs is 1. The van der Waals surface area contributed by atoms with Crippen LogP contribution in [0.1, 0.15) is 0 Å². The van der Waals surface area contributed by atoms with Crippen molar-refractivity contribution in [3.8, 4) is 17.0 Å². The summed E-state index contributed by atoms with van der Waals surface area (Å²) in [5.41, 5.74) is 1.79. The van der Waals surface area contributed by atoms with Gasteiger partial charge in [-0.1, -0.05) is 0 Å². The molecule has 0 unspecified atom stereocenters. The Morgan fingerprint density at radius 3 is 2.55 bits per heavy atom. The maximum Gasteiger partial charge on any atom is 0.573 e. The number of H-pyrrole nitrogens is 1. The van der Waals surface area contributed by atoms with Gasteiger partial charge in [-0.05, 0) is 24.3 Å². The zero-order valence-electron chi connectivity index (χ0n) is 9.85. The van der Waals surface area contributed by atoms with Crippen molar-refractivity contribution >= 4 is 11.0 Å². The number of nitrogens with one attached hydrogen (secondary N) is 1. The van der Waals surface area contributed by atoms with Crippen LogP contribution in [0.2, 0.25) is 0 Å². The van der Waals surface area contributed by atoms with Crippen LogP contribution in [0.3, 0.4) is 0 Å². The second-order valence-corrected chi connectivity index (χ2v) is 3.93. The van der Waals surface area contributed by atoms with E-state index in [2.05, 4.69) is 24.9 Å². The Hall–Kier alpha value is -2.64. The molecule has 5 nitrogen and oxygen atoms in total. The van der Waals surface area contributed by atoms with Gasteiger partial charge in [0.15, 0.2) is 5.65 Å². The zero-order chi connectivity index (χ0) is 14.2. The van der Waals surface area contributed by atoms with E-state index < -0.39 is 6.36 Å². The summed E-state index contributed by atoms with van der Waals surface area (Å²) < 4.78 is 40.0. The Morgan fingerprint density at radius 1 is 1.10 bits per heavy atom. The third-order valence-corrected chi connectivity index (χ3v) is 2.61. The molecule has 102 valence electrons. The van der Waals surface area contributed by atoms with Crippen molar-refractivity contribution in [2.75, 3.05) is 0 Å². The van der Waals surface area contributed by atoms with E-state index in [1.165, 1.54) is 30.6 Å². The molecule has 0 radical (unpaired) electrons. The van der Waals surface area contributed by atoms with Crippen molar-refractivity contribution < 1.29 is 17.9 Å². The maximum absolute atomic E-state index is 12.1. The van der Waals surface area contributed by atoms with Gasteiger partial charge in [0.2, 0.25) is 0 Å². The number of aromatic nitrogens is 4. The molecule has 8 heteroatoms. The summed E-state index contributed by atoms with van der Waals surface area (Å²) in [7, 11) is 0. The first-order valence-electron chi connectivity index (χ1n) is 5.53. The molecule has 0 bridgehead atoms. The van der Waals surface area contributed by atoms with Gasteiger partial charge >= 0.3 is 6.36 Å². The van der Waals surface area contributed by atoms with Gasteiger partial charge in [0.05, 0.1) is 11.1 Å². The molecule has 0 saturated heterocycles. The number of ether oxygens (including phenoxy) is 1. The number of hydrogen-bond acceptors (Lipinski definition) is 4. The van der Waals surface area contributed by atoms with Crippen LogP contribution in [-0.4, -0.2) is 26.5 Å². The molecule has 2 aromatic heterocycles. The number of alkyl halides is 3. The van der Waals surface area contributed by atoms with Crippen LogP contribution in [0, 0.1) is 0 Å². The summed E-state index contributed by atoms with van der Waals surface area (Å²) in [4.78, 5) is 7.86. The highest BCUT2D eigenvalue weighted by molar-refractivity contribution is 5.89. The number of rotatable bonds is 2. The van der Waals surface area contributed by atoms with Crippen LogP contribution in [0.25, 0.3) is 22.3 Å². The third kappa shape index (κ3) is 2.40. The van der Waals surface area contributed by atoms with Gasteiger partial charge in [-0.25, -0.2) is 9.97 Å². The quantitative estimate of drug-likeness (QED) is 0.784. The van der Waals surface area contributed by atoms with Gasteiger partial charge in [0.1, 0.15) is 12.1 Å². The van der Waals surface area contributed by atoms with Crippen molar-refractivity contribution in [1.82, 2.24) is 20.2 Å². The Kier molecular flexibility index (Phi) is 2.78. The molecule has 0 amide bonds. The van der Waals surface area contributed by atoms with E-state index >= 15 is 0 Å². The molecule has 0 aliphatic heterocycles. The topological polar surface area (TPSA) is 63.7 Å². The lowest BCUT2D eigenvalue weighted by Gasteiger charge is -2.08. The van der Waals surface area contributed by atoms with Crippen LogP contribution in [0.5, 0.6) is 5.75 Å². The second-order valence-electron chi connectivity index (χ2n) is 3.93. The molecule has 0 spiro atoms. The molecule has 0 aliphatic carbocycles. The van der Waals surface area contributed by atoms with Gasteiger partial charge in [0.25, 0.3) is 0 Å². The highest BCUT2D eigenvalue weighted by Gasteiger charge is 2.31. The van der Waals surface area contributed by atoms with Gasteiger partial charge in [-0.2, -0.15) is 5.10 Å². The van der Waals surface area contributed by atoms with Gasteiger partial charge in [-0.15, -0.1) is 13.2 Å². The highest BCUT2D eigenvalue weighted by atomic mass is 19.4. The second kappa shape index (κ2) is 4.48. The van der Waals surface area contributed by atoms with Crippen molar-refractivity contribution in [3.05, 3.63) is 36.8 Å². The first-order chi connectivity index (χ1) is 9.53. The summed E-state index contributed by atoms with van der Waals surface area (Å²) in [6, 6.07) is 5.47. The number of halogens is 3. The van der Waals surface area contributed by atoms with E-state index in [1.54, 1.807) is 6.20 Å². The molecule has 0 atom stereocenters. The Bertz CT molecular complexity index is 736. The fourth-order valence-electron chi connectivity index (χ4n) is 1.80. The summed E-state index contributed by atoms with van der Waals surface area (Å²) in [6.45, 7) is 0. The normalized spacial score (nSPS) is 11.8. The largest absolute Gasteiger partial charge is 0.573 e. The first-order valence-corrected chi connectivity index (χ1v) is 5.53. The van der Waals surface area contributed by atoms with Gasteiger partial charge in [-0.3, -0.25) is 5.10 Å². The smallest absolute Gasteiger partial charge is 0.406 e. The lowest BCUT2D eigenvalue weighted by molar-refractivity contribution is -0.274. The maximum atomic E-state index is 12.1. The predicted octanol–water partition coefficient (Wildman–Crippen LogP) is 2.92. The summed E-state index contributed by atoms with van der Waals surface area (Å²) >= 11 is 0. The predicted molar refractivity (Wildman–Crippen MR) is 63.8 cm³/mol. The molecule has 3 aromatic rings. The molecule has 2 heterocycles. The number of benzene rings is 1. The Morgan fingerprint density at radius 2 is 1.85 bits per heavy atom. The molecule has 1 aromatic carbocycles. The number of aromatic amines is 1. The standard InChI is InChI=1S/C12H7F3N4O/c13-12(14,15)20-8-3-1-7(2-4-8)10-9-5-16-6-17-11(9)19-18-10/h1-6H,(H,16,17,18,19). The van der Waals surface area contributed by atoms with Crippen LogP contribution >= 0.6 is 0 Å². The molecule has 0 fully saturated rings. The van der Waals surface area contributed by atoms with E-state index in [4.69, 9.17) is 0 Å². The van der Waals surface area contributed by atoms with Crippen LogP contribution in [0.4, 0.5) is 13.2 Å². The average molecular weight is 280 g/mol. The molecule has 0 saturated carbocycles. The lowest BCUT2D eigenvalue weighted by atomic mass is 10.1. The number of nitrogens with zero attached hydrogens (tertiary/aromatic N) is 3. The SMILES string of the molecule is FC(F)(F)Oc1ccc(-c2[nH]nc3ncncc23)cc1. The van der Waals surface area contributed by atoms with Crippen molar-refractivity contribution in [2.24, 2.45) is 0 Å². The third-order valence-electron chi connectivity index (χ3n) is 2.61. The Balaban J connectivity index is 1.95. The van der Waals surface area contributed by atoms with Crippen molar-refractivity contribution in [1.29, 1.82) is 0 Å². The fraction of sp³-hybridized carbons (Fsp3) is 0.0833. The molecular formula is C12H7F3N4O. The zero-order valence-corrected chi connectivity index (χ0v) is 9.85. The van der Waals surface area contributed by atoms with Crippen LogP contribution in [0.15, 0.2) is 36.8 Å². The molecule has 1 N–H and O–H groups in total. The molecular weight excluding hydrogens is 273 g/mol. The van der Waals surface area contributed by atoms with E-state index in [1.807, 2.05) is 0 Å². The fourth-order valence-corrected chi connectivity index (χ4v) is 1.80. The van der Waals surface area contributed by atoms with Gasteiger partial charge < -0.3 is 4.74 Å². The average Bonchev–Trinajstić information content (AvgIpc) is 2.82. The summed E-state index contributed by atoms with van der Waals surface area (Å²) in [6.07, 6.45) is -1.75. The minimum Gasteiger partial charge on any atom is -0.406 e.